The quantitative estimate of drug-likeness (QED) is 0.733. The largest absolute Gasteiger partial charge is 0.447 e. The highest BCUT2D eigenvalue weighted by Gasteiger charge is 2.21. The van der Waals surface area contributed by atoms with E-state index in [1.165, 1.54) is 0 Å². The molecule has 0 fully saturated rings. The van der Waals surface area contributed by atoms with E-state index in [9.17, 15) is 9.90 Å². The topological polar surface area (TPSA) is 58.6 Å². The molecule has 0 aliphatic heterocycles. The molecule has 84 valence electrons. The predicted octanol–water partition coefficient (Wildman–Crippen LogP) is 1.67. The van der Waals surface area contributed by atoms with Gasteiger partial charge in [-0.3, -0.25) is 0 Å². The average Bonchev–Trinajstić information content (AvgIpc) is 1.98. The van der Waals surface area contributed by atoms with Gasteiger partial charge in [-0.05, 0) is 34.1 Å². The minimum absolute atomic E-state index is 0.0193. The van der Waals surface area contributed by atoms with E-state index in [2.05, 4.69) is 5.32 Å². The van der Waals surface area contributed by atoms with Crippen molar-refractivity contribution in [3.8, 4) is 0 Å². The van der Waals surface area contributed by atoms with Crippen LogP contribution < -0.4 is 5.32 Å². The van der Waals surface area contributed by atoms with Crippen LogP contribution in [0.2, 0.25) is 0 Å². The van der Waals surface area contributed by atoms with Crippen LogP contribution in [0, 0.1) is 0 Å². The van der Waals surface area contributed by atoms with E-state index in [0.717, 1.165) is 0 Å². The zero-order chi connectivity index (χ0) is 11.4. The summed E-state index contributed by atoms with van der Waals surface area (Å²) < 4.78 is 4.87. The molecule has 0 aliphatic rings. The second kappa shape index (κ2) is 4.64. The minimum Gasteiger partial charge on any atom is -0.447 e. The lowest BCUT2D eigenvalue weighted by Gasteiger charge is -2.24. The van der Waals surface area contributed by atoms with E-state index in [1.807, 2.05) is 27.7 Å². The van der Waals surface area contributed by atoms with Gasteiger partial charge >= 0.3 is 6.09 Å². The Morgan fingerprint density at radius 1 is 1.36 bits per heavy atom. The molecule has 0 aliphatic carbocycles. The monoisotopic (exact) mass is 203 g/mol. The van der Waals surface area contributed by atoms with E-state index in [4.69, 9.17) is 4.74 Å². The first kappa shape index (κ1) is 13.2. The van der Waals surface area contributed by atoms with Gasteiger partial charge in [-0.2, -0.15) is 0 Å². The first-order valence-corrected chi connectivity index (χ1v) is 4.83. The Hall–Kier alpha value is -0.770. The molecule has 0 aromatic heterocycles. The molecule has 0 aromatic carbocycles. The molecule has 0 saturated carbocycles. The normalized spacial score (nSPS) is 15.9. The predicted molar refractivity (Wildman–Crippen MR) is 55.2 cm³/mol. The van der Waals surface area contributed by atoms with Gasteiger partial charge in [-0.1, -0.05) is 6.92 Å². The van der Waals surface area contributed by atoms with Crippen molar-refractivity contribution in [1.82, 2.24) is 5.32 Å². The summed E-state index contributed by atoms with van der Waals surface area (Å²) in [5.74, 6) is 0. The summed E-state index contributed by atoms with van der Waals surface area (Å²) in [7, 11) is 0. The summed E-state index contributed by atoms with van der Waals surface area (Å²) in [4.78, 5) is 11.2. The van der Waals surface area contributed by atoms with E-state index >= 15 is 0 Å². The minimum atomic E-state index is -0.935. The number of hydrogen-bond donors (Lipinski definition) is 2. The van der Waals surface area contributed by atoms with Crippen LogP contribution in [0.5, 0.6) is 0 Å². The molecule has 0 bridgehead atoms. The highest BCUT2D eigenvalue weighted by molar-refractivity contribution is 5.68. The Bertz CT molecular complexity index is 194. The van der Waals surface area contributed by atoms with Crippen molar-refractivity contribution in [3.63, 3.8) is 0 Å². The lowest BCUT2D eigenvalue weighted by atomic mass is 10.1. The standard InChI is InChI=1S/C10H21NO3/c1-6-10(5,13)7-14-8(12)11-9(2,3)4/h13H,6-7H2,1-5H3,(H,11,12). The number of rotatable bonds is 3. The molecule has 0 saturated heterocycles. The molecule has 4 heteroatoms. The first-order chi connectivity index (χ1) is 6.16. The van der Waals surface area contributed by atoms with Gasteiger partial charge in [0.2, 0.25) is 0 Å². The van der Waals surface area contributed by atoms with Gasteiger partial charge in [0.1, 0.15) is 6.61 Å². The molecule has 1 atom stereocenters. The maximum Gasteiger partial charge on any atom is 0.407 e. The number of nitrogens with one attached hydrogen (secondary N) is 1. The van der Waals surface area contributed by atoms with E-state index in [1.54, 1.807) is 6.92 Å². The average molecular weight is 203 g/mol. The Kier molecular flexibility index (Phi) is 4.39. The molecule has 14 heavy (non-hydrogen) atoms. The second-order valence-corrected chi connectivity index (χ2v) is 4.80. The molecular weight excluding hydrogens is 182 g/mol. The van der Waals surface area contributed by atoms with Crippen LogP contribution in [0.1, 0.15) is 41.0 Å². The fraction of sp³-hybridized carbons (Fsp3) is 0.900. The van der Waals surface area contributed by atoms with Crippen LogP contribution >= 0.6 is 0 Å². The van der Waals surface area contributed by atoms with Crippen molar-refractivity contribution in [3.05, 3.63) is 0 Å². The van der Waals surface area contributed by atoms with Crippen LogP contribution in [-0.4, -0.2) is 28.9 Å². The van der Waals surface area contributed by atoms with E-state index in [-0.39, 0.29) is 12.1 Å². The Morgan fingerprint density at radius 3 is 2.21 bits per heavy atom. The number of aliphatic hydroxyl groups is 1. The van der Waals surface area contributed by atoms with Crippen molar-refractivity contribution in [2.24, 2.45) is 0 Å². The highest BCUT2D eigenvalue weighted by Crippen LogP contribution is 2.09. The van der Waals surface area contributed by atoms with Gasteiger partial charge in [0, 0.05) is 5.54 Å². The summed E-state index contributed by atoms with van der Waals surface area (Å²) in [6, 6.07) is 0. The molecule has 1 unspecified atom stereocenters. The van der Waals surface area contributed by atoms with Gasteiger partial charge < -0.3 is 15.2 Å². The molecule has 1 amide bonds. The maximum absolute atomic E-state index is 11.2. The SMILES string of the molecule is CCC(C)(O)COC(=O)NC(C)(C)C. The Balaban J connectivity index is 3.87. The molecule has 0 radical (unpaired) electrons. The number of ether oxygens (including phenoxy) is 1. The molecule has 0 spiro atoms. The van der Waals surface area contributed by atoms with E-state index in [0.29, 0.717) is 6.42 Å². The fourth-order valence-corrected chi connectivity index (χ4v) is 0.665. The summed E-state index contributed by atoms with van der Waals surface area (Å²) in [6.07, 6.45) is 0.0572. The van der Waals surface area contributed by atoms with Crippen LogP contribution in [0.3, 0.4) is 0 Å². The Morgan fingerprint density at radius 2 is 1.86 bits per heavy atom. The van der Waals surface area contributed by atoms with Crippen molar-refractivity contribution in [2.75, 3.05) is 6.61 Å². The van der Waals surface area contributed by atoms with Crippen molar-refractivity contribution in [2.45, 2.75) is 52.2 Å². The first-order valence-electron chi connectivity index (χ1n) is 4.83. The molecular formula is C10H21NO3. The van der Waals surface area contributed by atoms with Gasteiger partial charge in [0.05, 0.1) is 5.60 Å². The highest BCUT2D eigenvalue weighted by atomic mass is 16.6. The van der Waals surface area contributed by atoms with Gasteiger partial charge in [-0.25, -0.2) is 4.79 Å². The molecule has 0 rings (SSSR count). The number of amides is 1. The fourth-order valence-electron chi connectivity index (χ4n) is 0.665. The number of hydrogen-bond acceptors (Lipinski definition) is 3. The number of alkyl carbamates (subject to hydrolysis) is 1. The third kappa shape index (κ3) is 6.71. The summed E-state index contributed by atoms with van der Waals surface area (Å²) in [5, 5.41) is 12.2. The smallest absolute Gasteiger partial charge is 0.407 e. The number of carbonyl (C=O) groups excluding carboxylic acids is 1. The summed E-state index contributed by atoms with van der Waals surface area (Å²) in [6.45, 7) is 9.10. The van der Waals surface area contributed by atoms with Gasteiger partial charge in [-0.15, -0.1) is 0 Å². The molecule has 0 heterocycles. The second-order valence-electron chi connectivity index (χ2n) is 4.80. The maximum atomic E-state index is 11.2. The summed E-state index contributed by atoms with van der Waals surface area (Å²) in [5.41, 5.74) is -1.25. The lowest BCUT2D eigenvalue weighted by molar-refractivity contribution is -0.0113. The van der Waals surface area contributed by atoms with Crippen LogP contribution in [0.4, 0.5) is 4.79 Å². The van der Waals surface area contributed by atoms with Crippen molar-refractivity contribution >= 4 is 6.09 Å². The van der Waals surface area contributed by atoms with E-state index < -0.39 is 11.7 Å². The molecule has 0 aromatic rings. The molecule has 2 N–H and O–H groups in total. The van der Waals surface area contributed by atoms with Crippen molar-refractivity contribution < 1.29 is 14.6 Å². The third-order valence-corrected chi connectivity index (χ3v) is 1.75. The van der Waals surface area contributed by atoms with Gasteiger partial charge in [0.15, 0.2) is 0 Å². The lowest BCUT2D eigenvalue weighted by Crippen LogP contribution is -2.43. The zero-order valence-corrected chi connectivity index (χ0v) is 9.68. The summed E-state index contributed by atoms with van der Waals surface area (Å²) >= 11 is 0. The Labute approximate surface area is 85.6 Å². The zero-order valence-electron chi connectivity index (χ0n) is 9.68. The number of carbonyl (C=O) groups is 1. The van der Waals surface area contributed by atoms with Gasteiger partial charge in [0.25, 0.3) is 0 Å². The van der Waals surface area contributed by atoms with Crippen molar-refractivity contribution in [1.29, 1.82) is 0 Å². The third-order valence-electron chi connectivity index (χ3n) is 1.75. The van der Waals surface area contributed by atoms with Crippen LogP contribution in [0.25, 0.3) is 0 Å². The van der Waals surface area contributed by atoms with Crippen LogP contribution in [0.15, 0.2) is 0 Å². The van der Waals surface area contributed by atoms with Crippen LogP contribution in [-0.2, 0) is 4.74 Å². The molecule has 4 nitrogen and oxygen atoms in total.